The van der Waals surface area contributed by atoms with Crippen molar-refractivity contribution >= 4 is 52.7 Å². The highest BCUT2D eigenvalue weighted by Gasteiger charge is 2.44. The first-order chi connectivity index (χ1) is 16.3. The molecule has 0 saturated carbocycles. The van der Waals surface area contributed by atoms with Crippen molar-refractivity contribution in [2.75, 3.05) is 28.8 Å². The van der Waals surface area contributed by atoms with Gasteiger partial charge in [0.2, 0.25) is 5.91 Å². The van der Waals surface area contributed by atoms with E-state index in [1.807, 2.05) is 6.26 Å². The second kappa shape index (κ2) is 9.68. The van der Waals surface area contributed by atoms with Gasteiger partial charge in [0.1, 0.15) is 12.6 Å². The van der Waals surface area contributed by atoms with Gasteiger partial charge < -0.3 is 10.1 Å². The van der Waals surface area contributed by atoms with Crippen LogP contribution in [0.4, 0.5) is 11.4 Å². The quantitative estimate of drug-likeness (QED) is 0.477. The average molecular weight is 482 g/mol. The summed E-state index contributed by atoms with van der Waals surface area (Å²) in [6.45, 7) is 1.19. The normalized spacial score (nSPS) is 16.5. The highest BCUT2D eigenvalue weighted by Crippen LogP contribution is 2.30. The average Bonchev–Trinajstić information content (AvgIpc) is 3.08. The van der Waals surface area contributed by atoms with Crippen LogP contribution in [-0.2, 0) is 19.1 Å². The zero-order valence-corrected chi connectivity index (χ0v) is 19.5. The van der Waals surface area contributed by atoms with Gasteiger partial charge >= 0.3 is 5.97 Å². The van der Waals surface area contributed by atoms with Crippen molar-refractivity contribution < 1.29 is 28.7 Å². The molecule has 2 atom stereocenters. The van der Waals surface area contributed by atoms with E-state index in [0.29, 0.717) is 17.1 Å². The van der Waals surface area contributed by atoms with Crippen LogP contribution < -0.4 is 10.2 Å². The SMILES string of the molecule is CSCC[C@H](C(=O)O[C@@H](C)C(=O)N1CC(=O)Nc2ccccc21)N1C(=O)c2ccccc2C1=O. The maximum Gasteiger partial charge on any atom is 0.330 e. The molecule has 0 aliphatic carbocycles. The van der Waals surface area contributed by atoms with Crippen molar-refractivity contribution in [1.29, 1.82) is 0 Å². The van der Waals surface area contributed by atoms with Crippen LogP contribution in [0.1, 0.15) is 34.1 Å². The molecule has 0 aromatic heterocycles. The molecule has 0 radical (unpaired) electrons. The second-order valence-corrected chi connectivity index (χ2v) is 8.88. The third-order valence-corrected chi connectivity index (χ3v) is 6.33. The van der Waals surface area contributed by atoms with Gasteiger partial charge in [0.25, 0.3) is 17.7 Å². The molecule has 1 N–H and O–H groups in total. The number of ether oxygens (including phenoxy) is 1. The van der Waals surface area contributed by atoms with Gasteiger partial charge in [0, 0.05) is 0 Å². The Kier molecular flexibility index (Phi) is 6.69. The number of nitrogens with one attached hydrogen (secondary N) is 1. The number of hydrogen-bond acceptors (Lipinski definition) is 7. The number of benzene rings is 2. The van der Waals surface area contributed by atoms with Crippen molar-refractivity contribution in [3.63, 3.8) is 0 Å². The molecule has 9 nitrogen and oxygen atoms in total. The number of para-hydroxylation sites is 2. The highest BCUT2D eigenvalue weighted by molar-refractivity contribution is 7.98. The Bertz CT molecular complexity index is 1150. The van der Waals surface area contributed by atoms with Crippen molar-refractivity contribution in [3.8, 4) is 0 Å². The highest BCUT2D eigenvalue weighted by atomic mass is 32.2. The molecule has 2 aromatic rings. The Labute approximate surface area is 200 Å². The van der Waals surface area contributed by atoms with Crippen molar-refractivity contribution in [3.05, 3.63) is 59.7 Å². The number of nitrogens with zero attached hydrogens (tertiary/aromatic N) is 2. The molecule has 4 rings (SSSR count). The van der Waals surface area contributed by atoms with E-state index in [2.05, 4.69) is 5.32 Å². The summed E-state index contributed by atoms with van der Waals surface area (Å²) in [5, 5.41) is 2.70. The summed E-state index contributed by atoms with van der Waals surface area (Å²) in [7, 11) is 0. The van der Waals surface area contributed by atoms with E-state index in [0.717, 1.165) is 4.90 Å². The fourth-order valence-corrected chi connectivity index (χ4v) is 4.48. The number of hydrogen-bond donors (Lipinski definition) is 1. The number of carbonyl (C=O) groups excluding carboxylic acids is 5. The van der Waals surface area contributed by atoms with Gasteiger partial charge in [-0.2, -0.15) is 11.8 Å². The van der Waals surface area contributed by atoms with Gasteiger partial charge in [0.05, 0.1) is 22.5 Å². The maximum absolute atomic E-state index is 13.2. The van der Waals surface area contributed by atoms with Crippen LogP contribution in [0.25, 0.3) is 0 Å². The number of anilines is 2. The molecular weight excluding hydrogens is 458 g/mol. The summed E-state index contributed by atoms with van der Waals surface area (Å²) in [6.07, 6.45) is 0.787. The van der Waals surface area contributed by atoms with Crippen LogP contribution in [-0.4, -0.2) is 65.2 Å². The molecule has 0 spiro atoms. The zero-order valence-electron chi connectivity index (χ0n) is 18.6. The van der Waals surface area contributed by atoms with Crippen LogP contribution in [0.15, 0.2) is 48.5 Å². The summed E-state index contributed by atoms with van der Waals surface area (Å²) < 4.78 is 5.47. The van der Waals surface area contributed by atoms with Crippen LogP contribution in [0.5, 0.6) is 0 Å². The fourth-order valence-electron chi connectivity index (χ4n) is 4.03. The standard InChI is InChI=1S/C24H23N3O6S/c1-14(21(29)26-13-20(28)25-17-9-5-6-10-18(17)26)33-24(32)19(11-12-34-2)27-22(30)15-7-3-4-8-16(15)23(27)31/h3-10,14,19H,11-13H2,1-2H3,(H,25,28)/t14-,19+/m0/s1. The molecule has 0 fully saturated rings. The van der Waals surface area contributed by atoms with Crippen LogP contribution in [0.2, 0.25) is 0 Å². The molecule has 0 bridgehead atoms. The summed E-state index contributed by atoms with van der Waals surface area (Å²) in [4.78, 5) is 66.4. The molecule has 2 aliphatic heterocycles. The molecule has 2 heterocycles. The molecule has 10 heteroatoms. The lowest BCUT2D eigenvalue weighted by molar-refractivity contribution is -0.157. The number of carbonyl (C=O) groups is 5. The number of fused-ring (bicyclic) bond motifs is 2. The Morgan fingerprint density at radius 2 is 1.65 bits per heavy atom. The van der Waals surface area contributed by atoms with E-state index >= 15 is 0 Å². The summed E-state index contributed by atoms with van der Waals surface area (Å²) in [5.41, 5.74) is 1.44. The van der Waals surface area contributed by atoms with E-state index in [-0.39, 0.29) is 30.0 Å². The van der Waals surface area contributed by atoms with Gasteiger partial charge in [-0.3, -0.25) is 29.0 Å². The van der Waals surface area contributed by atoms with Crippen LogP contribution in [0, 0.1) is 0 Å². The van der Waals surface area contributed by atoms with E-state index in [4.69, 9.17) is 4.74 Å². The summed E-state index contributed by atoms with van der Waals surface area (Å²) >= 11 is 1.46. The van der Waals surface area contributed by atoms with Gasteiger partial charge in [-0.15, -0.1) is 0 Å². The molecule has 176 valence electrons. The largest absolute Gasteiger partial charge is 0.451 e. The predicted octanol–water partition coefficient (Wildman–Crippen LogP) is 2.32. The first kappa shape index (κ1) is 23.5. The molecular formula is C24H23N3O6S. The number of amides is 4. The molecule has 0 unspecified atom stereocenters. The first-order valence-corrected chi connectivity index (χ1v) is 12.1. The third-order valence-electron chi connectivity index (χ3n) is 5.68. The molecule has 2 aliphatic rings. The van der Waals surface area contributed by atoms with Crippen LogP contribution in [0.3, 0.4) is 0 Å². The van der Waals surface area contributed by atoms with Gasteiger partial charge in [-0.05, 0) is 49.6 Å². The maximum atomic E-state index is 13.2. The van der Waals surface area contributed by atoms with Gasteiger partial charge in [0.15, 0.2) is 6.10 Å². The van der Waals surface area contributed by atoms with E-state index < -0.39 is 35.8 Å². The van der Waals surface area contributed by atoms with Crippen molar-refractivity contribution in [1.82, 2.24) is 4.90 Å². The number of rotatable bonds is 7. The minimum absolute atomic E-state index is 0.182. The zero-order chi connectivity index (χ0) is 24.4. The van der Waals surface area contributed by atoms with Crippen molar-refractivity contribution in [2.45, 2.75) is 25.5 Å². The van der Waals surface area contributed by atoms with Crippen molar-refractivity contribution in [2.24, 2.45) is 0 Å². The Hall–Kier alpha value is -3.66. The number of esters is 1. The Balaban J connectivity index is 1.54. The molecule has 4 amide bonds. The minimum Gasteiger partial charge on any atom is -0.451 e. The molecule has 0 saturated heterocycles. The topological polar surface area (TPSA) is 113 Å². The lowest BCUT2D eigenvalue weighted by atomic mass is 10.1. The Morgan fingerprint density at radius 3 is 2.29 bits per heavy atom. The Morgan fingerprint density at radius 1 is 1.03 bits per heavy atom. The van der Waals surface area contributed by atoms with Gasteiger partial charge in [-0.1, -0.05) is 24.3 Å². The predicted molar refractivity (Wildman–Crippen MR) is 127 cm³/mol. The van der Waals surface area contributed by atoms with E-state index in [1.165, 1.54) is 35.7 Å². The van der Waals surface area contributed by atoms with Gasteiger partial charge in [-0.25, -0.2) is 4.79 Å². The third kappa shape index (κ3) is 4.28. The van der Waals surface area contributed by atoms with E-state index in [1.54, 1.807) is 36.4 Å². The van der Waals surface area contributed by atoms with E-state index in [9.17, 15) is 24.0 Å². The molecule has 34 heavy (non-hydrogen) atoms. The first-order valence-electron chi connectivity index (χ1n) is 10.7. The number of thioether (sulfide) groups is 1. The summed E-state index contributed by atoms with van der Waals surface area (Å²) in [6, 6.07) is 12.0. The minimum atomic E-state index is -1.24. The number of imide groups is 1. The summed E-state index contributed by atoms with van der Waals surface area (Å²) in [5.74, 6) is -2.43. The van der Waals surface area contributed by atoms with Crippen LogP contribution >= 0.6 is 11.8 Å². The lowest BCUT2D eigenvalue weighted by Gasteiger charge is -2.31. The lowest BCUT2D eigenvalue weighted by Crippen LogP contribution is -2.50. The smallest absolute Gasteiger partial charge is 0.330 e. The monoisotopic (exact) mass is 481 g/mol. The molecule has 2 aromatic carbocycles. The fraction of sp³-hybridized carbons (Fsp3) is 0.292. The second-order valence-electron chi connectivity index (χ2n) is 7.89.